The van der Waals surface area contributed by atoms with E-state index < -0.39 is 17.6 Å². The Morgan fingerprint density at radius 3 is 2.72 bits per heavy atom. The minimum absolute atomic E-state index is 0.138. The van der Waals surface area contributed by atoms with Crippen LogP contribution in [0.5, 0.6) is 0 Å². The number of nitrogens with one attached hydrogen (secondary N) is 1. The lowest BCUT2D eigenvalue weighted by Crippen LogP contribution is -2.14. The van der Waals surface area contributed by atoms with Crippen molar-refractivity contribution in [2.75, 3.05) is 5.32 Å². The van der Waals surface area contributed by atoms with Gasteiger partial charge in [-0.15, -0.1) is 11.3 Å². The Bertz CT molecular complexity index is 554. The Kier molecular flexibility index (Phi) is 3.28. The Morgan fingerprint density at radius 1 is 1.33 bits per heavy atom. The standard InChI is InChI=1S/C10H6F3N3OS/c11-10(12,13)6-1-2-14-8(3-6)16-9(17)7-4-18-5-15-7/h1-5H,(H,14,16,17). The van der Waals surface area contributed by atoms with Crippen LogP contribution in [0.15, 0.2) is 29.2 Å². The molecule has 0 aliphatic carbocycles. The number of rotatable bonds is 2. The summed E-state index contributed by atoms with van der Waals surface area (Å²) in [5.74, 6) is -0.758. The summed E-state index contributed by atoms with van der Waals surface area (Å²) in [5, 5.41) is 3.74. The minimum atomic E-state index is -4.47. The molecule has 0 aliphatic heterocycles. The number of nitrogens with zero attached hydrogens (tertiary/aromatic N) is 2. The average Bonchev–Trinajstić information content (AvgIpc) is 2.81. The van der Waals surface area contributed by atoms with Gasteiger partial charge in [0.05, 0.1) is 11.1 Å². The number of aromatic nitrogens is 2. The number of pyridine rings is 1. The van der Waals surface area contributed by atoms with E-state index in [0.29, 0.717) is 0 Å². The lowest BCUT2D eigenvalue weighted by molar-refractivity contribution is -0.137. The number of anilines is 1. The first-order valence-corrected chi connectivity index (χ1v) is 5.64. The zero-order valence-electron chi connectivity index (χ0n) is 8.73. The molecule has 1 N–H and O–H groups in total. The van der Waals surface area contributed by atoms with Gasteiger partial charge in [0.1, 0.15) is 11.5 Å². The van der Waals surface area contributed by atoms with Crippen molar-refractivity contribution < 1.29 is 18.0 Å². The third kappa shape index (κ3) is 2.83. The largest absolute Gasteiger partial charge is 0.416 e. The highest BCUT2D eigenvalue weighted by Gasteiger charge is 2.30. The predicted octanol–water partition coefficient (Wildman–Crippen LogP) is 2.81. The van der Waals surface area contributed by atoms with E-state index in [-0.39, 0.29) is 11.5 Å². The summed E-state index contributed by atoms with van der Waals surface area (Å²) >= 11 is 1.21. The van der Waals surface area contributed by atoms with Gasteiger partial charge in [0.25, 0.3) is 5.91 Å². The van der Waals surface area contributed by atoms with Gasteiger partial charge in [-0.05, 0) is 12.1 Å². The molecule has 8 heteroatoms. The lowest BCUT2D eigenvalue weighted by Gasteiger charge is -2.08. The highest BCUT2D eigenvalue weighted by atomic mass is 32.1. The molecule has 0 saturated heterocycles. The van der Waals surface area contributed by atoms with Crippen molar-refractivity contribution in [1.82, 2.24) is 9.97 Å². The van der Waals surface area contributed by atoms with Crippen LogP contribution in [0.2, 0.25) is 0 Å². The highest BCUT2D eigenvalue weighted by Crippen LogP contribution is 2.29. The second kappa shape index (κ2) is 4.73. The van der Waals surface area contributed by atoms with Gasteiger partial charge < -0.3 is 5.32 Å². The summed E-state index contributed by atoms with van der Waals surface area (Å²) in [6.07, 6.45) is -3.48. The summed E-state index contributed by atoms with van der Waals surface area (Å²) in [4.78, 5) is 18.9. The van der Waals surface area contributed by atoms with E-state index in [1.807, 2.05) is 0 Å². The SMILES string of the molecule is O=C(Nc1cc(C(F)(F)F)ccn1)c1cscn1. The number of thiazole rings is 1. The normalized spacial score (nSPS) is 11.3. The quantitative estimate of drug-likeness (QED) is 0.915. The third-order valence-corrected chi connectivity index (χ3v) is 2.58. The van der Waals surface area contributed by atoms with Crippen molar-refractivity contribution in [3.05, 3.63) is 40.5 Å². The van der Waals surface area contributed by atoms with Gasteiger partial charge in [-0.25, -0.2) is 9.97 Å². The molecule has 4 nitrogen and oxygen atoms in total. The van der Waals surface area contributed by atoms with Crippen molar-refractivity contribution >= 4 is 23.1 Å². The molecule has 2 aromatic heterocycles. The molecule has 0 atom stereocenters. The first-order valence-electron chi connectivity index (χ1n) is 4.69. The number of halogens is 3. The van der Waals surface area contributed by atoms with Crippen LogP contribution in [-0.4, -0.2) is 15.9 Å². The van der Waals surface area contributed by atoms with Crippen LogP contribution in [-0.2, 0) is 6.18 Å². The maximum absolute atomic E-state index is 12.4. The minimum Gasteiger partial charge on any atom is -0.305 e. The molecule has 0 aliphatic rings. The number of hydrogen-bond acceptors (Lipinski definition) is 4. The van der Waals surface area contributed by atoms with Gasteiger partial charge in [0.15, 0.2) is 0 Å². The summed E-state index contributed by atoms with van der Waals surface area (Å²) in [6, 6.07) is 1.60. The van der Waals surface area contributed by atoms with Gasteiger partial charge in [0, 0.05) is 11.6 Å². The summed E-state index contributed by atoms with van der Waals surface area (Å²) in [7, 11) is 0. The number of carbonyl (C=O) groups excluding carboxylic acids is 1. The Balaban J connectivity index is 2.18. The molecule has 0 fully saturated rings. The summed E-state index contributed by atoms with van der Waals surface area (Å²) < 4.78 is 37.3. The zero-order valence-corrected chi connectivity index (χ0v) is 9.55. The fraction of sp³-hybridized carbons (Fsp3) is 0.100. The number of hydrogen-bond donors (Lipinski definition) is 1. The molecule has 94 valence electrons. The van der Waals surface area contributed by atoms with Crippen LogP contribution in [0.25, 0.3) is 0 Å². The number of amides is 1. The molecule has 2 rings (SSSR count). The van der Waals surface area contributed by atoms with E-state index in [4.69, 9.17) is 0 Å². The van der Waals surface area contributed by atoms with Gasteiger partial charge in [-0.3, -0.25) is 4.79 Å². The second-order valence-corrected chi connectivity index (χ2v) is 3.97. The molecule has 0 aromatic carbocycles. The smallest absolute Gasteiger partial charge is 0.305 e. The number of alkyl halides is 3. The van der Waals surface area contributed by atoms with E-state index in [1.54, 1.807) is 0 Å². The maximum Gasteiger partial charge on any atom is 0.416 e. The highest BCUT2D eigenvalue weighted by molar-refractivity contribution is 7.07. The molecule has 0 saturated carbocycles. The van der Waals surface area contributed by atoms with Crippen LogP contribution in [0.1, 0.15) is 16.1 Å². The van der Waals surface area contributed by atoms with Crippen molar-refractivity contribution in [3.8, 4) is 0 Å². The first-order chi connectivity index (χ1) is 8.47. The molecule has 0 unspecified atom stereocenters. The van der Waals surface area contributed by atoms with Crippen molar-refractivity contribution in [2.45, 2.75) is 6.18 Å². The van der Waals surface area contributed by atoms with Crippen molar-refractivity contribution in [3.63, 3.8) is 0 Å². The molecule has 2 heterocycles. The Labute approximate surface area is 104 Å². The van der Waals surface area contributed by atoms with Crippen LogP contribution < -0.4 is 5.32 Å². The third-order valence-electron chi connectivity index (χ3n) is 1.99. The monoisotopic (exact) mass is 273 g/mol. The molecule has 18 heavy (non-hydrogen) atoms. The Hall–Kier alpha value is -1.96. The van der Waals surface area contributed by atoms with E-state index in [2.05, 4.69) is 15.3 Å². The first kappa shape index (κ1) is 12.5. The van der Waals surface area contributed by atoms with E-state index in [1.165, 1.54) is 22.2 Å². The van der Waals surface area contributed by atoms with Crippen molar-refractivity contribution in [2.24, 2.45) is 0 Å². The zero-order chi connectivity index (χ0) is 13.2. The fourth-order valence-electron chi connectivity index (χ4n) is 1.18. The predicted molar refractivity (Wildman–Crippen MR) is 59.3 cm³/mol. The van der Waals surface area contributed by atoms with Crippen molar-refractivity contribution in [1.29, 1.82) is 0 Å². The van der Waals surface area contributed by atoms with Gasteiger partial charge in [-0.1, -0.05) is 0 Å². The molecule has 0 spiro atoms. The molecule has 0 bridgehead atoms. The van der Waals surface area contributed by atoms with Crippen LogP contribution in [0.4, 0.5) is 19.0 Å². The molecular formula is C10H6F3N3OS. The number of carbonyl (C=O) groups is 1. The topological polar surface area (TPSA) is 54.9 Å². The van der Waals surface area contributed by atoms with E-state index >= 15 is 0 Å². The van der Waals surface area contributed by atoms with E-state index in [0.717, 1.165) is 18.3 Å². The molecular weight excluding hydrogens is 267 g/mol. The molecule has 2 aromatic rings. The van der Waals surface area contributed by atoms with Crippen LogP contribution in [0.3, 0.4) is 0 Å². The fourth-order valence-corrected chi connectivity index (χ4v) is 1.71. The van der Waals surface area contributed by atoms with Gasteiger partial charge >= 0.3 is 6.18 Å². The van der Waals surface area contributed by atoms with E-state index in [9.17, 15) is 18.0 Å². The molecule has 1 amide bonds. The van der Waals surface area contributed by atoms with Gasteiger partial charge in [-0.2, -0.15) is 13.2 Å². The van der Waals surface area contributed by atoms with Gasteiger partial charge in [0.2, 0.25) is 0 Å². The van der Waals surface area contributed by atoms with Crippen LogP contribution >= 0.6 is 11.3 Å². The maximum atomic E-state index is 12.4. The summed E-state index contributed by atoms with van der Waals surface area (Å²) in [5.41, 5.74) is 0.722. The Morgan fingerprint density at radius 2 is 2.11 bits per heavy atom. The lowest BCUT2D eigenvalue weighted by atomic mass is 10.2. The second-order valence-electron chi connectivity index (χ2n) is 3.26. The average molecular weight is 273 g/mol. The summed E-state index contributed by atoms with van der Waals surface area (Å²) in [6.45, 7) is 0. The molecule has 0 radical (unpaired) electrons. The van der Waals surface area contributed by atoms with Crippen LogP contribution in [0, 0.1) is 0 Å².